The van der Waals surface area contributed by atoms with Gasteiger partial charge in [0, 0.05) is 37.4 Å². The monoisotopic (exact) mass is 419 g/mol. The van der Waals surface area contributed by atoms with Crippen molar-refractivity contribution in [1.29, 1.82) is 0 Å². The Hall–Kier alpha value is -2.46. The molecule has 156 valence electrons. The number of aliphatic hydroxyl groups is 1. The highest BCUT2D eigenvalue weighted by Crippen LogP contribution is 2.22. The number of ether oxygens (including phenoxy) is 1. The number of esters is 1. The molecular formula is C20H25N3O5S. The predicted octanol–water partition coefficient (Wildman–Crippen LogP) is 1.51. The second kappa shape index (κ2) is 8.91. The van der Waals surface area contributed by atoms with Gasteiger partial charge in [-0.1, -0.05) is 18.2 Å². The van der Waals surface area contributed by atoms with Crippen molar-refractivity contribution in [2.24, 2.45) is 0 Å². The topological polar surface area (TPSA) is 99.2 Å². The molecule has 1 fully saturated rings. The van der Waals surface area contributed by atoms with Crippen molar-refractivity contribution in [1.82, 2.24) is 9.21 Å². The van der Waals surface area contributed by atoms with E-state index in [1.165, 1.54) is 23.5 Å². The third-order valence-corrected chi connectivity index (χ3v) is 6.80. The molecule has 0 aromatic heterocycles. The number of hydrogen-bond donors (Lipinski definition) is 2. The normalized spacial score (nSPS) is 16.9. The number of hydrogen-bond acceptors (Lipinski definition) is 7. The fourth-order valence-corrected chi connectivity index (χ4v) is 4.52. The summed E-state index contributed by atoms with van der Waals surface area (Å²) in [5.41, 5.74) is 1.40. The van der Waals surface area contributed by atoms with Crippen molar-refractivity contribution in [3.63, 3.8) is 0 Å². The molecule has 1 unspecified atom stereocenters. The molecule has 29 heavy (non-hydrogen) atoms. The van der Waals surface area contributed by atoms with Crippen LogP contribution in [-0.2, 0) is 14.8 Å². The minimum Gasteiger partial charge on any atom is -0.465 e. The molecule has 0 radical (unpaired) electrons. The van der Waals surface area contributed by atoms with Crippen molar-refractivity contribution >= 4 is 21.7 Å². The highest BCUT2D eigenvalue weighted by molar-refractivity contribution is 7.89. The fraction of sp³-hybridized carbons (Fsp3) is 0.350. The van der Waals surface area contributed by atoms with Gasteiger partial charge in [-0.2, -0.15) is 4.31 Å². The molecule has 1 saturated heterocycles. The molecule has 0 spiro atoms. The molecule has 0 bridgehead atoms. The Balaban J connectivity index is 1.70. The maximum atomic E-state index is 12.8. The molecular weight excluding hydrogens is 394 g/mol. The lowest BCUT2D eigenvalue weighted by atomic mass is 10.1. The maximum absolute atomic E-state index is 12.8. The summed E-state index contributed by atoms with van der Waals surface area (Å²) in [7, 11) is -0.285. The van der Waals surface area contributed by atoms with Crippen molar-refractivity contribution < 1.29 is 23.1 Å². The Bertz CT molecular complexity index is 954. The second-order valence-corrected chi connectivity index (χ2v) is 8.83. The molecule has 3 rings (SSSR count). The molecule has 1 aliphatic rings. The molecule has 2 aromatic rings. The molecule has 0 aliphatic carbocycles. The van der Waals surface area contributed by atoms with E-state index in [-0.39, 0.29) is 4.90 Å². The van der Waals surface area contributed by atoms with E-state index in [4.69, 9.17) is 0 Å². The molecule has 0 amide bonds. The van der Waals surface area contributed by atoms with Crippen LogP contribution >= 0.6 is 0 Å². The van der Waals surface area contributed by atoms with Crippen LogP contribution in [0.5, 0.6) is 0 Å². The second-order valence-electron chi connectivity index (χ2n) is 6.90. The molecule has 1 atom stereocenters. The summed E-state index contributed by atoms with van der Waals surface area (Å²) in [6, 6.07) is 12.7. The Morgan fingerprint density at radius 3 is 2.38 bits per heavy atom. The molecule has 1 heterocycles. The van der Waals surface area contributed by atoms with Gasteiger partial charge >= 0.3 is 5.97 Å². The van der Waals surface area contributed by atoms with E-state index in [0.29, 0.717) is 43.0 Å². The highest BCUT2D eigenvalue weighted by Gasteiger charge is 2.27. The van der Waals surface area contributed by atoms with Crippen LogP contribution in [0.2, 0.25) is 0 Å². The average Bonchev–Trinajstić information content (AvgIpc) is 2.73. The lowest BCUT2D eigenvalue weighted by Crippen LogP contribution is -2.47. The Morgan fingerprint density at radius 2 is 1.76 bits per heavy atom. The summed E-state index contributed by atoms with van der Waals surface area (Å²) in [4.78, 5) is 13.9. The smallest absolute Gasteiger partial charge is 0.337 e. The molecule has 2 aromatic carbocycles. The molecule has 1 aliphatic heterocycles. The number of piperazine rings is 1. The first-order valence-electron chi connectivity index (χ1n) is 9.23. The summed E-state index contributed by atoms with van der Waals surface area (Å²) >= 11 is 0. The standard InChI is InChI=1S/C20H25N3O5S/c1-22-10-12-23(13-11-22)29(26,27)18-8-6-15(7-9-18)19(24)21-17-5-3-4-16(14-17)20(25)28-2/h3-9,14,19,21,24H,10-13H2,1-2H3. The minimum atomic E-state index is -3.55. The first kappa shape index (κ1) is 21.3. The first-order valence-corrected chi connectivity index (χ1v) is 10.7. The highest BCUT2D eigenvalue weighted by atomic mass is 32.2. The van der Waals surface area contributed by atoms with Crippen LogP contribution in [0.4, 0.5) is 5.69 Å². The fourth-order valence-electron chi connectivity index (χ4n) is 3.09. The minimum absolute atomic E-state index is 0.200. The number of carbonyl (C=O) groups excluding carboxylic acids is 1. The van der Waals surface area contributed by atoms with Crippen LogP contribution in [0.1, 0.15) is 22.1 Å². The predicted molar refractivity (Wildman–Crippen MR) is 109 cm³/mol. The number of aliphatic hydroxyl groups excluding tert-OH is 1. The number of benzene rings is 2. The number of sulfonamides is 1. The summed E-state index contributed by atoms with van der Waals surface area (Å²) in [6.07, 6.45) is -1.07. The number of rotatable bonds is 6. The van der Waals surface area contributed by atoms with Gasteiger partial charge in [-0.3, -0.25) is 0 Å². The van der Waals surface area contributed by atoms with Gasteiger partial charge in [-0.05, 0) is 37.4 Å². The van der Waals surface area contributed by atoms with Crippen LogP contribution in [0.15, 0.2) is 53.4 Å². The summed E-state index contributed by atoms with van der Waals surface area (Å²) in [6.45, 7) is 2.32. The van der Waals surface area contributed by atoms with E-state index in [0.717, 1.165) is 0 Å². The Morgan fingerprint density at radius 1 is 1.10 bits per heavy atom. The van der Waals surface area contributed by atoms with E-state index >= 15 is 0 Å². The third-order valence-electron chi connectivity index (χ3n) is 4.88. The van der Waals surface area contributed by atoms with Crippen LogP contribution in [0.3, 0.4) is 0 Å². The van der Waals surface area contributed by atoms with Crippen molar-refractivity contribution in [2.75, 3.05) is 45.7 Å². The number of carbonyl (C=O) groups is 1. The zero-order chi connectivity index (χ0) is 21.0. The van der Waals surface area contributed by atoms with Gasteiger partial charge in [0.25, 0.3) is 0 Å². The molecule has 0 saturated carbocycles. The van der Waals surface area contributed by atoms with Crippen molar-refractivity contribution in [2.45, 2.75) is 11.1 Å². The van der Waals surface area contributed by atoms with Gasteiger partial charge in [0.1, 0.15) is 0 Å². The van der Waals surface area contributed by atoms with Gasteiger partial charge in [0.2, 0.25) is 10.0 Å². The Labute approximate surface area is 170 Å². The lowest BCUT2D eigenvalue weighted by Gasteiger charge is -2.31. The van der Waals surface area contributed by atoms with Gasteiger partial charge in [-0.15, -0.1) is 0 Å². The molecule has 9 heteroatoms. The van der Waals surface area contributed by atoms with Crippen LogP contribution < -0.4 is 5.32 Å². The number of anilines is 1. The Kier molecular flexibility index (Phi) is 6.53. The summed E-state index contributed by atoms with van der Waals surface area (Å²) in [5, 5.41) is 13.3. The van der Waals surface area contributed by atoms with E-state index in [2.05, 4.69) is 15.0 Å². The van der Waals surface area contributed by atoms with Crippen molar-refractivity contribution in [3.05, 3.63) is 59.7 Å². The molecule has 8 nitrogen and oxygen atoms in total. The van der Waals surface area contributed by atoms with Crippen molar-refractivity contribution in [3.8, 4) is 0 Å². The first-order chi connectivity index (χ1) is 13.8. The zero-order valence-electron chi connectivity index (χ0n) is 16.4. The van der Waals surface area contributed by atoms with E-state index in [9.17, 15) is 18.3 Å². The maximum Gasteiger partial charge on any atom is 0.337 e. The van der Waals surface area contributed by atoms with Gasteiger partial charge in [-0.25, -0.2) is 13.2 Å². The van der Waals surface area contributed by atoms with Crippen LogP contribution in [-0.4, -0.2) is 69.0 Å². The largest absolute Gasteiger partial charge is 0.465 e. The lowest BCUT2D eigenvalue weighted by molar-refractivity contribution is 0.0600. The SMILES string of the molecule is COC(=O)c1cccc(NC(O)c2ccc(S(=O)(=O)N3CCN(C)CC3)cc2)c1. The van der Waals surface area contributed by atoms with E-state index < -0.39 is 22.2 Å². The number of nitrogens with zero attached hydrogens (tertiary/aromatic N) is 2. The third kappa shape index (κ3) is 4.94. The number of likely N-dealkylation sites (N-methyl/N-ethyl adjacent to an activating group) is 1. The summed E-state index contributed by atoms with van der Waals surface area (Å²) < 4.78 is 31.7. The van der Waals surface area contributed by atoms with Crippen LogP contribution in [0, 0.1) is 0 Å². The molecule has 2 N–H and O–H groups in total. The van der Waals surface area contributed by atoms with Crippen LogP contribution in [0.25, 0.3) is 0 Å². The average molecular weight is 420 g/mol. The zero-order valence-corrected chi connectivity index (χ0v) is 17.2. The van der Waals surface area contributed by atoms with Gasteiger partial charge in [0.15, 0.2) is 6.23 Å². The quantitative estimate of drug-likeness (QED) is 0.541. The van der Waals surface area contributed by atoms with Gasteiger partial charge < -0.3 is 20.1 Å². The number of nitrogens with one attached hydrogen (secondary N) is 1. The van der Waals surface area contributed by atoms with E-state index in [1.54, 1.807) is 36.4 Å². The number of methoxy groups -OCH3 is 1. The van der Waals surface area contributed by atoms with Gasteiger partial charge in [0.05, 0.1) is 17.6 Å². The summed E-state index contributed by atoms with van der Waals surface area (Å²) in [5.74, 6) is -0.471. The van der Waals surface area contributed by atoms with E-state index in [1.807, 2.05) is 7.05 Å².